The summed E-state index contributed by atoms with van der Waals surface area (Å²) in [5.41, 5.74) is 0.306. The summed E-state index contributed by atoms with van der Waals surface area (Å²) in [5.74, 6) is 0.576. The highest BCUT2D eigenvalue weighted by molar-refractivity contribution is 6.30. The number of nitrogens with one attached hydrogen (secondary N) is 1. The summed E-state index contributed by atoms with van der Waals surface area (Å²) in [6, 6.07) is 11.9. The van der Waals surface area contributed by atoms with Crippen LogP contribution >= 0.6 is 11.6 Å². The molecule has 1 heterocycles. The Hall–Kier alpha value is -2.80. The van der Waals surface area contributed by atoms with Gasteiger partial charge in [0, 0.05) is 28.2 Å². The van der Waals surface area contributed by atoms with Gasteiger partial charge in [-0.3, -0.25) is 9.78 Å². The van der Waals surface area contributed by atoms with Crippen LogP contribution < -0.4 is 10.1 Å². The molecule has 0 radical (unpaired) electrons. The molecule has 1 atom stereocenters. The number of rotatable bonds is 5. The quantitative estimate of drug-likeness (QED) is 0.447. The largest absolute Gasteiger partial charge is 0.490 e. The number of aromatic nitrogens is 1. The van der Waals surface area contributed by atoms with Crippen molar-refractivity contribution in [3.63, 3.8) is 0 Å². The van der Waals surface area contributed by atoms with Crippen LogP contribution in [0.5, 0.6) is 5.75 Å². The average Bonchev–Trinajstić information content (AvgIpc) is 2.79. The summed E-state index contributed by atoms with van der Waals surface area (Å²) in [6.45, 7) is 1.99. The van der Waals surface area contributed by atoms with Crippen LogP contribution in [0.25, 0.3) is 10.9 Å². The second-order valence-corrected chi connectivity index (χ2v) is 8.90. The van der Waals surface area contributed by atoms with Crippen LogP contribution in [-0.2, 0) is 6.18 Å². The van der Waals surface area contributed by atoms with E-state index >= 15 is 0 Å². The van der Waals surface area contributed by atoms with Gasteiger partial charge in [-0.2, -0.15) is 13.2 Å². The predicted molar refractivity (Wildman–Crippen MR) is 121 cm³/mol. The zero-order valence-corrected chi connectivity index (χ0v) is 18.8. The van der Waals surface area contributed by atoms with E-state index in [1.807, 2.05) is 6.92 Å². The Morgan fingerprint density at radius 3 is 2.45 bits per heavy atom. The molecule has 33 heavy (non-hydrogen) atoms. The van der Waals surface area contributed by atoms with Crippen molar-refractivity contribution in [3.8, 4) is 5.75 Å². The summed E-state index contributed by atoms with van der Waals surface area (Å²) >= 11 is 5.88. The van der Waals surface area contributed by atoms with E-state index in [-0.39, 0.29) is 18.1 Å². The molecule has 174 valence electrons. The number of nitrogens with zero attached hydrogens (tertiary/aromatic N) is 1. The summed E-state index contributed by atoms with van der Waals surface area (Å²) in [5, 5.41) is 3.99. The van der Waals surface area contributed by atoms with Gasteiger partial charge in [0.25, 0.3) is 5.91 Å². The zero-order chi connectivity index (χ0) is 23.6. The first-order valence-corrected chi connectivity index (χ1v) is 11.3. The SMILES string of the molecule is CC(NC(=O)c1ccc(Cl)cc1)C1CCC(Oc2ccnc3ccc(C(F)(F)F)cc23)CC1. The van der Waals surface area contributed by atoms with E-state index < -0.39 is 11.7 Å². The van der Waals surface area contributed by atoms with E-state index in [2.05, 4.69) is 10.3 Å². The van der Waals surface area contributed by atoms with Crippen molar-refractivity contribution < 1.29 is 22.7 Å². The number of alkyl halides is 3. The Morgan fingerprint density at radius 2 is 1.79 bits per heavy atom. The van der Waals surface area contributed by atoms with Gasteiger partial charge in [0.15, 0.2) is 0 Å². The van der Waals surface area contributed by atoms with Crippen LogP contribution in [0, 0.1) is 5.92 Å². The minimum absolute atomic E-state index is 0.00905. The number of fused-ring (bicyclic) bond motifs is 1. The summed E-state index contributed by atoms with van der Waals surface area (Å²) in [6.07, 6.45) is 0.244. The lowest BCUT2D eigenvalue weighted by Crippen LogP contribution is -2.40. The first-order valence-electron chi connectivity index (χ1n) is 10.9. The van der Waals surface area contributed by atoms with Crippen LogP contribution in [0.1, 0.15) is 48.5 Å². The van der Waals surface area contributed by atoms with Crippen LogP contribution in [0.2, 0.25) is 5.02 Å². The van der Waals surface area contributed by atoms with Crippen molar-refractivity contribution in [1.29, 1.82) is 0 Å². The monoisotopic (exact) mass is 476 g/mol. The van der Waals surface area contributed by atoms with Crippen molar-refractivity contribution in [3.05, 3.63) is 70.9 Å². The zero-order valence-electron chi connectivity index (χ0n) is 18.0. The maximum atomic E-state index is 13.1. The van der Waals surface area contributed by atoms with Crippen molar-refractivity contribution in [2.75, 3.05) is 0 Å². The standard InChI is InChI=1S/C25H24ClF3N2O2/c1-15(31-24(32)17-2-7-19(26)8-3-17)16-4-9-20(10-5-16)33-23-12-13-30-22-11-6-18(14-21(22)23)25(27,28)29/h2-3,6-8,11-16,20H,4-5,9-10H2,1H3,(H,31,32). The highest BCUT2D eigenvalue weighted by Gasteiger charge is 2.31. The lowest BCUT2D eigenvalue weighted by molar-refractivity contribution is -0.137. The number of ether oxygens (including phenoxy) is 1. The van der Waals surface area contributed by atoms with E-state index in [0.29, 0.717) is 33.2 Å². The van der Waals surface area contributed by atoms with Crippen LogP contribution in [0.4, 0.5) is 13.2 Å². The van der Waals surface area contributed by atoms with Crippen LogP contribution in [-0.4, -0.2) is 23.0 Å². The second kappa shape index (κ2) is 9.59. The molecule has 1 aliphatic carbocycles. The molecule has 8 heteroatoms. The van der Waals surface area contributed by atoms with Gasteiger partial charge >= 0.3 is 6.18 Å². The van der Waals surface area contributed by atoms with E-state index in [0.717, 1.165) is 37.8 Å². The van der Waals surface area contributed by atoms with Crippen molar-refractivity contribution in [2.24, 2.45) is 5.92 Å². The third kappa shape index (κ3) is 5.58. The van der Waals surface area contributed by atoms with E-state index in [1.54, 1.807) is 36.5 Å². The fourth-order valence-electron chi connectivity index (χ4n) is 4.30. The summed E-state index contributed by atoms with van der Waals surface area (Å²) < 4.78 is 45.6. The molecule has 1 aromatic heterocycles. The minimum atomic E-state index is -4.42. The van der Waals surface area contributed by atoms with Gasteiger partial charge in [0.2, 0.25) is 0 Å². The maximum absolute atomic E-state index is 13.1. The number of benzene rings is 2. The van der Waals surface area contributed by atoms with Gasteiger partial charge in [-0.15, -0.1) is 0 Å². The Morgan fingerprint density at radius 1 is 1.09 bits per heavy atom. The molecule has 2 aromatic carbocycles. The molecule has 1 aliphatic rings. The molecular formula is C25H24ClF3N2O2. The van der Waals surface area contributed by atoms with Crippen molar-refractivity contribution >= 4 is 28.4 Å². The molecule has 0 spiro atoms. The number of hydrogen-bond donors (Lipinski definition) is 1. The van der Waals surface area contributed by atoms with Crippen LogP contribution in [0.15, 0.2) is 54.7 Å². The average molecular weight is 477 g/mol. The first kappa shape index (κ1) is 23.4. The molecule has 1 saturated carbocycles. The summed E-state index contributed by atoms with van der Waals surface area (Å²) in [7, 11) is 0. The van der Waals surface area contributed by atoms with Gasteiger partial charge in [0.1, 0.15) is 5.75 Å². The molecule has 0 saturated heterocycles. The second-order valence-electron chi connectivity index (χ2n) is 8.46. The number of carbonyl (C=O) groups excluding carboxylic acids is 1. The normalized spacial score (nSPS) is 19.8. The lowest BCUT2D eigenvalue weighted by Gasteiger charge is -2.33. The molecule has 1 unspecified atom stereocenters. The van der Waals surface area contributed by atoms with Crippen molar-refractivity contribution in [2.45, 2.75) is 50.9 Å². The van der Waals surface area contributed by atoms with E-state index in [1.165, 1.54) is 6.07 Å². The topological polar surface area (TPSA) is 51.2 Å². The van der Waals surface area contributed by atoms with Gasteiger partial charge < -0.3 is 10.1 Å². The Kier molecular flexibility index (Phi) is 6.79. The molecule has 4 nitrogen and oxygen atoms in total. The van der Waals surface area contributed by atoms with E-state index in [4.69, 9.17) is 16.3 Å². The molecule has 1 fully saturated rings. The summed E-state index contributed by atoms with van der Waals surface area (Å²) in [4.78, 5) is 16.6. The number of amides is 1. The number of hydrogen-bond acceptors (Lipinski definition) is 3. The molecule has 0 bridgehead atoms. The first-order chi connectivity index (χ1) is 15.7. The smallest absolute Gasteiger partial charge is 0.416 e. The van der Waals surface area contributed by atoms with E-state index in [9.17, 15) is 18.0 Å². The number of carbonyl (C=O) groups is 1. The molecule has 0 aliphatic heterocycles. The molecule has 3 aromatic rings. The Labute approximate surface area is 195 Å². The van der Waals surface area contributed by atoms with Gasteiger partial charge in [0.05, 0.1) is 17.2 Å². The fraction of sp³-hybridized carbons (Fsp3) is 0.360. The number of halogens is 4. The third-order valence-electron chi connectivity index (χ3n) is 6.21. The van der Waals surface area contributed by atoms with Crippen molar-refractivity contribution in [1.82, 2.24) is 10.3 Å². The van der Waals surface area contributed by atoms with Gasteiger partial charge in [-0.25, -0.2) is 0 Å². The van der Waals surface area contributed by atoms with Gasteiger partial charge in [-0.05, 0) is 87.1 Å². The Bertz CT molecular complexity index is 1130. The maximum Gasteiger partial charge on any atom is 0.416 e. The molecule has 1 amide bonds. The lowest BCUT2D eigenvalue weighted by atomic mass is 9.83. The highest BCUT2D eigenvalue weighted by atomic mass is 35.5. The third-order valence-corrected chi connectivity index (χ3v) is 6.47. The molecule has 4 rings (SSSR count). The number of pyridine rings is 1. The molecule has 1 N–H and O–H groups in total. The fourth-order valence-corrected chi connectivity index (χ4v) is 4.42. The Balaban J connectivity index is 1.37. The predicted octanol–water partition coefficient (Wildman–Crippen LogP) is 6.66. The van der Waals surface area contributed by atoms with Gasteiger partial charge in [-0.1, -0.05) is 11.6 Å². The molecular weight excluding hydrogens is 453 g/mol. The minimum Gasteiger partial charge on any atom is -0.490 e. The van der Waals surface area contributed by atoms with Crippen LogP contribution in [0.3, 0.4) is 0 Å². The highest BCUT2D eigenvalue weighted by Crippen LogP contribution is 2.36.